The third-order valence-electron chi connectivity index (χ3n) is 3.08. The van der Waals surface area contributed by atoms with Crippen LogP contribution in [0.2, 0.25) is 5.02 Å². The quantitative estimate of drug-likeness (QED) is 0.744. The Labute approximate surface area is 132 Å². The highest BCUT2D eigenvalue weighted by atomic mass is 35.5. The molecule has 21 heavy (non-hydrogen) atoms. The zero-order chi connectivity index (χ0) is 14.7. The number of rotatable bonds is 5. The highest BCUT2D eigenvalue weighted by molar-refractivity contribution is 7.15. The van der Waals surface area contributed by atoms with E-state index in [9.17, 15) is 0 Å². The molecule has 3 rings (SSSR count). The molecule has 0 radical (unpaired) electrons. The lowest BCUT2D eigenvalue weighted by atomic mass is 10.2. The van der Waals surface area contributed by atoms with Crippen molar-refractivity contribution in [2.75, 3.05) is 0 Å². The van der Waals surface area contributed by atoms with Crippen molar-refractivity contribution in [3.8, 4) is 10.4 Å². The van der Waals surface area contributed by atoms with Crippen LogP contribution in [0.4, 0.5) is 0 Å². The fourth-order valence-corrected chi connectivity index (χ4v) is 3.40. The maximum atomic E-state index is 6.23. The lowest BCUT2D eigenvalue weighted by molar-refractivity contribution is 0.388. The van der Waals surface area contributed by atoms with Crippen molar-refractivity contribution in [2.45, 2.75) is 20.0 Å². The highest BCUT2D eigenvalue weighted by Gasteiger charge is 2.06. The molecule has 0 spiro atoms. The molecule has 2 aromatic heterocycles. The molecule has 0 saturated carbocycles. The summed E-state index contributed by atoms with van der Waals surface area (Å²) in [6.45, 7) is 3.41. The van der Waals surface area contributed by atoms with Gasteiger partial charge in [-0.2, -0.15) is 0 Å². The van der Waals surface area contributed by atoms with E-state index in [1.165, 1.54) is 9.75 Å². The van der Waals surface area contributed by atoms with Crippen molar-refractivity contribution < 1.29 is 4.52 Å². The summed E-state index contributed by atoms with van der Waals surface area (Å²) < 4.78 is 5.04. The second-order valence-corrected chi connectivity index (χ2v) is 6.35. The van der Waals surface area contributed by atoms with Crippen molar-refractivity contribution in [3.05, 3.63) is 63.8 Å². The number of nitrogens with one attached hydrogen (secondary N) is 1. The number of aromatic nitrogens is 1. The van der Waals surface area contributed by atoms with Gasteiger partial charge in [-0.15, -0.1) is 11.3 Å². The van der Waals surface area contributed by atoms with Gasteiger partial charge < -0.3 is 9.84 Å². The molecule has 1 N–H and O–H groups in total. The summed E-state index contributed by atoms with van der Waals surface area (Å²) in [6.07, 6.45) is 0. The molecule has 108 valence electrons. The fraction of sp³-hybridized carbons (Fsp3) is 0.188. The number of hydrogen-bond acceptors (Lipinski definition) is 4. The molecule has 0 unspecified atom stereocenters. The van der Waals surface area contributed by atoms with Crippen LogP contribution in [0.5, 0.6) is 0 Å². The molecule has 1 aromatic carbocycles. The average Bonchev–Trinajstić information content (AvgIpc) is 3.09. The number of benzene rings is 1. The summed E-state index contributed by atoms with van der Waals surface area (Å²) in [6, 6.07) is 14.1. The number of aryl methyl sites for hydroxylation is 1. The van der Waals surface area contributed by atoms with Crippen molar-refractivity contribution in [3.63, 3.8) is 0 Å². The topological polar surface area (TPSA) is 38.1 Å². The molecular formula is C16H15ClN2OS. The number of hydrogen-bond donors (Lipinski definition) is 1. The van der Waals surface area contributed by atoms with E-state index in [0.717, 1.165) is 28.6 Å². The van der Waals surface area contributed by atoms with Crippen LogP contribution >= 0.6 is 22.9 Å². The SMILES string of the molecule is Cc1cc(CNCc2ccc(-c3ccccc3Cl)s2)no1. The zero-order valence-corrected chi connectivity index (χ0v) is 13.2. The largest absolute Gasteiger partial charge is 0.361 e. The maximum absolute atomic E-state index is 6.23. The predicted molar refractivity (Wildman–Crippen MR) is 86.5 cm³/mol. The number of thiophene rings is 1. The Morgan fingerprint density at radius 1 is 1.19 bits per heavy atom. The third kappa shape index (κ3) is 3.53. The lowest BCUT2D eigenvalue weighted by Gasteiger charge is -2.01. The van der Waals surface area contributed by atoms with Crippen molar-refractivity contribution in [2.24, 2.45) is 0 Å². The summed E-state index contributed by atoms with van der Waals surface area (Å²) >= 11 is 7.98. The lowest BCUT2D eigenvalue weighted by Crippen LogP contribution is -2.11. The van der Waals surface area contributed by atoms with Gasteiger partial charge in [0.15, 0.2) is 0 Å². The van der Waals surface area contributed by atoms with Crippen LogP contribution < -0.4 is 5.32 Å². The Morgan fingerprint density at radius 2 is 2.05 bits per heavy atom. The second-order valence-electron chi connectivity index (χ2n) is 4.78. The van der Waals surface area contributed by atoms with Gasteiger partial charge in [-0.25, -0.2) is 0 Å². The van der Waals surface area contributed by atoms with Crippen molar-refractivity contribution in [1.29, 1.82) is 0 Å². The molecular weight excluding hydrogens is 304 g/mol. The van der Waals surface area contributed by atoms with Crippen LogP contribution in [-0.4, -0.2) is 5.16 Å². The summed E-state index contributed by atoms with van der Waals surface area (Å²) in [4.78, 5) is 2.46. The van der Waals surface area contributed by atoms with Crippen LogP contribution in [0.1, 0.15) is 16.3 Å². The van der Waals surface area contributed by atoms with Crippen molar-refractivity contribution >= 4 is 22.9 Å². The monoisotopic (exact) mass is 318 g/mol. The van der Waals surface area contributed by atoms with Crippen LogP contribution in [0.3, 0.4) is 0 Å². The van der Waals surface area contributed by atoms with Gasteiger partial charge in [-0.3, -0.25) is 0 Å². The van der Waals surface area contributed by atoms with E-state index < -0.39 is 0 Å². The third-order valence-corrected chi connectivity index (χ3v) is 4.53. The number of halogens is 1. The molecule has 3 aromatic rings. The Morgan fingerprint density at radius 3 is 2.81 bits per heavy atom. The van der Waals surface area contributed by atoms with Gasteiger partial charge in [0, 0.05) is 39.5 Å². The molecule has 5 heteroatoms. The highest BCUT2D eigenvalue weighted by Crippen LogP contribution is 2.33. The van der Waals surface area contributed by atoms with Gasteiger partial charge in [0.2, 0.25) is 0 Å². The summed E-state index contributed by atoms with van der Waals surface area (Å²) in [5.74, 6) is 0.837. The second kappa shape index (κ2) is 6.43. The Hall–Kier alpha value is -1.62. The van der Waals surface area contributed by atoms with Gasteiger partial charge in [0.25, 0.3) is 0 Å². The summed E-state index contributed by atoms with van der Waals surface area (Å²) in [5, 5.41) is 8.11. The Kier molecular flexibility index (Phi) is 4.39. The van der Waals surface area contributed by atoms with E-state index in [1.807, 2.05) is 37.3 Å². The van der Waals surface area contributed by atoms with Gasteiger partial charge in [-0.05, 0) is 25.1 Å². The van der Waals surface area contributed by atoms with Crippen LogP contribution in [0.25, 0.3) is 10.4 Å². The van der Waals surface area contributed by atoms with Crippen LogP contribution in [0.15, 0.2) is 47.0 Å². The minimum atomic E-state index is 0.705. The van der Waals surface area contributed by atoms with Gasteiger partial charge in [-0.1, -0.05) is 35.0 Å². The maximum Gasteiger partial charge on any atom is 0.133 e. The molecule has 0 fully saturated rings. The van der Waals surface area contributed by atoms with Crippen LogP contribution in [-0.2, 0) is 13.1 Å². The Balaban J connectivity index is 1.62. The fourth-order valence-electron chi connectivity index (χ4n) is 2.09. The first-order valence-corrected chi connectivity index (χ1v) is 7.88. The molecule has 0 aliphatic carbocycles. The van der Waals surface area contributed by atoms with Gasteiger partial charge in [0.05, 0.1) is 5.69 Å². The first-order valence-electron chi connectivity index (χ1n) is 6.69. The van der Waals surface area contributed by atoms with E-state index in [-0.39, 0.29) is 0 Å². The normalized spacial score (nSPS) is 11.0. The molecule has 0 bridgehead atoms. The minimum Gasteiger partial charge on any atom is -0.361 e. The predicted octanol–water partition coefficient (Wildman–Crippen LogP) is 4.65. The van der Waals surface area contributed by atoms with Gasteiger partial charge >= 0.3 is 0 Å². The molecule has 0 saturated heterocycles. The standard InChI is InChI=1S/C16H15ClN2OS/c1-11-8-12(19-20-11)9-18-10-13-6-7-16(21-13)14-4-2-3-5-15(14)17/h2-8,18H,9-10H2,1H3. The first-order chi connectivity index (χ1) is 10.2. The average molecular weight is 319 g/mol. The van der Waals surface area contributed by atoms with E-state index >= 15 is 0 Å². The van der Waals surface area contributed by atoms with Crippen LogP contribution in [0, 0.1) is 6.92 Å². The molecule has 2 heterocycles. The molecule has 3 nitrogen and oxygen atoms in total. The molecule has 0 atom stereocenters. The summed E-state index contributed by atoms with van der Waals surface area (Å²) in [5.41, 5.74) is 2.01. The van der Waals surface area contributed by atoms with Crippen molar-refractivity contribution in [1.82, 2.24) is 10.5 Å². The Bertz CT molecular complexity index is 735. The zero-order valence-electron chi connectivity index (χ0n) is 11.6. The molecule has 0 aliphatic rings. The van der Waals surface area contributed by atoms with E-state index in [4.69, 9.17) is 16.1 Å². The van der Waals surface area contributed by atoms with E-state index in [2.05, 4.69) is 22.6 Å². The first kappa shape index (κ1) is 14.3. The molecule has 0 aliphatic heterocycles. The van der Waals surface area contributed by atoms with Gasteiger partial charge in [0.1, 0.15) is 5.76 Å². The number of nitrogens with zero attached hydrogens (tertiary/aromatic N) is 1. The minimum absolute atomic E-state index is 0.705. The molecule has 0 amide bonds. The van der Waals surface area contributed by atoms with E-state index in [0.29, 0.717) is 6.54 Å². The summed E-state index contributed by atoms with van der Waals surface area (Å²) in [7, 11) is 0. The smallest absolute Gasteiger partial charge is 0.133 e. The van der Waals surface area contributed by atoms with E-state index in [1.54, 1.807) is 11.3 Å².